The quantitative estimate of drug-likeness (QED) is 0.825. The summed E-state index contributed by atoms with van der Waals surface area (Å²) < 4.78 is 0. The van der Waals surface area contributed by atoms with Gasteiger partial charge in [-0.15, -0.1) is 0 Å². The fourth-order valence-electron chi connectivity index (χ4n) is 3.40. The molecule has 2 amide bonds. The van der Waals surface area contributed by atoms with Crippen molar-refractivity contribution in [2.45, 2.75) is 46.1 Å². The second-order valence-corrected chi connectivity index (χ2v) is 7.82. The molecule has 1 atom stereocenters. The zero-order valence-electron chi connectivity index (χ0n) is 16.4. The van der Waals surface area contributed by atoms with E-state index in [0.29, 0.717) is 27.8 Å². The van der Waals surface area contributed by atoms with Crippen LogP contribution >= 0.6 is 11.6 Å². The molecule has 2 heterocycles. The highest BCUT2D eigenvalue weighted by molar-refractivity contribution is 6.30. The summed E-state index contributed by atoms with van der Waals surface area (Å²) in [6.45, 7) is 6.33. The van der Waals surface area contributed by atoms with Crippen molar-refractivity contribution in [1.29, 1.82) is 0 Å². The average Bonchev–Trinajstić information content (AvgIpc) is 2.69. The number of hydrogen-bond donors (Lipinski definition) is 1. The van der Waals surface area contributed by atoms with Crippen LogP contribution in [0.3, 0.4) is 0 Å². The Bertz CT molecular complexity index is 867. The number of nitrogens with zero attached hydrogens (tertiary/aromatic N) is 3. The number of aromatic nitrogens is 2. The van der Waals surface area contributed by atoms with Gasteiger partial charge in [0.25, 0.3) is 5.91 Å². The minimum Gasteiger partial charge on any atom is -0.332 e. The Morgan fingerprint density at radius 3 is 2.57 bits per heavy atom. The van der Waals surface area contributed by atoms with Crippen LogP contribution in [0.25, 0.3) is 0 Å². The molecule has 0 aliphatic carbocycles. The van der Waals surface area contributed by atoms with Crippen LogP contribution in [-0.4, -0.2) is 33.2 Å². The fraction of sp³-hybridized carbons (Fsp3) is 0.429. The van der Waals surface area contributed by atoms with E-state index in [4.69, 9.17) is 11.6 Å². The second kappa shape index (κ2) is 8.69. The second-order valence-electron chi connectivity index (χ2n) is 7.39. The summed E-state index contributed by atoms with van der Waals surface area (Å²) in [6.07, 6.45) is 4.42. The number of carbonyl (C=O) groups is 2. The lowest BCUT2D eigenvalue weighted by atomic mass is 9.99. The first-order valence-corrected chi connectivity index (χ1v) is 9.95. The Morgan fingerprint density at radius 2 is 1.93 bits per heavy atom. The third-order valence-corrected chi connectivity index (χ3v) is 5.17. The van der Waals surface area contributed by atoms with Crippen molar-refractivity contribution < 1.29 is 9.59 Å². The number of halogens is 1. The summed E-state index contributed by atoms with van der Waals surface area (Å²) in [7, 11) is 0. The molecular weight excluding hydrogens is 376 g/mol. The van der Waals surface area contributed by atoms with Crippen LogP contribution in [0, 0.1) is 12.8 Å². The molecule has 0 saturated carbocycles. The maximum atomic E-state index is 12.6. The molecule has 0 spiro atoms. The Hall–Kier alpha value is -2.47. The topological polar surface area (TPSA) is 75.2 Å². The van der Waals surface area contributed by atoms with Gasteiger partial charge in [0.05, 0.1) is 17.3 Å². The van der Waals surface area contributed by atoms with Crippen LogP contribution in [0.15, 0.2) is 30.5 Å². The lowest BCUT2D eigenvalue weighted by molar-refractivity contribution is -0.138. The van der Waals surface area contributed by atoms with Gasteiger partial charge in [-0.25, -0.2) is 9.97 Å². The average molecular weight is 401 g/mol. The van der Waals surface area contributed by atoms with Crippen molar-refractivity contribution in [3.05, 3.63) is 52.6 Å². The van der Waals surface area contributed by atoms with Crippen molar-refractivity contribution in [2.75, 3.05) is 11.9 Å². The van der Waals surface area contributed by atoms with Gasteiger partial charge in [0.2, 0.25) is 5.91 Å². The van der Waals surface area contributed by atoms with E-state index in [-0.39, 0.29) is 23.8 Å². The Labute approximate surface area is 170 Å². The van der Waals surface area contributed by atoms with Gasteiger partial charge in [0.1, 0.15) is 0 Å². The van der Waals surface area contributed by atoms with Crippen LogP contribution in [0.2, 0.25) is 5.02 Å². The number of anilines is 1. The molecule has 1 saturated heterocycles. The molecule has 2 aromatic rings. The minimum absolute atomic E-state index is 0.0638. The summed E-state index contributed by atoms with van der Waals surface area (Å²) >= 11 is 5.87. The molecule has 0 bridgehead atoms. The lowest BCUT2D eigenvalue weighted by Gasteiger charge is -2.36. The first-order valence-electron chi connectivity index (χ1n) is 9.57. The molecule has 7 heteroatoms. The lowest BCUT2D eigenvalue weighted by Crippen LogP contribution is -2.41. The van der Waals surface area contributed by atoms with E-state index >= 15 is 0 Å². The number of rotatable bonds is 4. The molecule has 28 heavy (non-hydrogen) atoms. The Balaban J connectivity index is 1.80. The van der Waals surface area contributed by atoms with Crippen molar-refractivity contribution >= 4 is 29.1 Å². The summed E-state index contributed by atoms with van der Waals surface area (Å²) in [5.41, 5.74) is 1.66. The molecule has 6 nitrogen and oxygen atoms in total. The number of carbonyl (C=O) groups excluding carboxylic acids is 2. The first kappa shape index (κ1) is 20.3. The number of aryl methyl sites for hydroxylation is 1. The number of likely N-dealkylation sites (tertiary alicyclic amines) is 1. The molecule has 148 valence electrons. The molecule has 1 aliphatic rings. The molecule has 1 N–H and O–H groups in total. The highest BCUT2D eigenvalue weighted by Crippen LogP contribution is 2.30. The SMILES string of the molecule is Cc1nc([C@H]2CCCCN2C(=O)C(C)C)ncc1C(=O)Nc1ccc(Cl)cc1. The van der Waals surface area contributed by atoms with Gasteiger partial charge in [-0.05, 0) is 50.5 Å². The van der Waals surface area contributed by atoms with E-state index in [1.54, 1.807) is 37.4 Å². The highest BCUT2D eigenvalue weighted by Gasteiger charge is 2.31. The molecule has 0 radical (unpaired) electrons. The highest BCUT2D eigenvalue weighted by atomic mass is 35.5. The van der Waals surface area contributed by atoms with E-state index < -0.39 is 0 Å². The molecule has 3 rings (SSSR count). The molecule has 0 unspecified atom stereocenters. The summed E-state index contributed by atoms with van der Waals surface area (Å²) in [6, 6.07) is 6.78. The van der Waals surface area contributed by atoms with Crippen LogP contribution in [0.1, 0.15) is 61.0 Å². The predicted molar refractivity (Wildman–Crippen MR) is 109 cm³/mol. The van der Waals surface area contributed by atoms with E-state index in [0.717, 1.165) is 25.8 Å². The van der Waals surface area contributed by atoms with Crippen LogP contribution in [0.4, 0.5) is 5.69 Å². The van der Waals surface area contributed by atoms with E-state index in [2.05, 4.69) is 15.3 Å². The van der Waals surface area contributed by atoms with E-state index in [9.17, 15) is 9.59 Å². The minimum atomic E-state index is -0.273. The van der Waals surface area contributed by atoms with Crippen LogP contribution < -0.4 is 5.32 Å². The third kappa shape index (κ3) is 4.50. The molecule has 1 fully saturated rings. The van der Waals surface area contributed by atoms with Crippen molar-refractivity contribution in [2.24, 2.45) is 5.92 Å². The summed E-state index contributed by atoms with van der Waals surface area (Å²) in [5.74, 6) is 0.390. The number of nitrogens with one attached hydrogen (secondary N) is 1. The monoisotopic (exact) mass is 400 g/mol. The first-order chi connectivity index (χ1) is 13.4. The third-order valence-electron chi connectivity index (χ3n) is 4.92. The molecule has 1 aromatic carbocycles. The molecule has 1 aliphatic heterocycles. The fourth-order valence-corrected chi connectivity index (χ4v) is 3.52. The standard InChI is InChI=1S/C21H25ClN4O2/c1-13(2)21(28)26-11-5-4-6-18(26)19-23-12-17(14(3)24-19)20(27)25-16-9-7-15(22)8-10-16/h7-10,12-13,18H,4-6,11H2,1-3H3,(H,25,27)/t18-/m1/s1. The predicted octanol–water partition coefficient (Wildman–Crippen LogP) is 4.40. The number of benzene rings is 1. The van der Waals surface area contributed by atoms with Gasteiger partial charge in [-0.2, -0.15) is 0 Å². The van der Waals surface area contributed by atoms with Crippen molar-refractivity contribution in [3.63, 3.8) is 0 Å². The zero-order chi connectivity index (χ0) is 20.3. The van der Waals surface area contributed by atoms with E-state index in [1.807, 2.05) is 18.7 Å². The number of amides is 2. The summed E-state index contributed by atoms with van der Waals surface area (Å²) in [5, 5.41) is 3.43. The van der Waals surface area contributed by atoms with Gasteiger partial charge in [0, 0.05) is 29.4 Å². The number of hydrogen-bond acceptors (Lipinski definition) is 4. The normalized spacial score (nSPS) is 16.9. The van der Waals surface area contributed by atoms with Crippen LogP contribution in [-0.2, 0) is 4.79 Å². The number of piperidine rings is 1. The molecular formula is C21H25ClN4O2. The van der Waals surface area contributed by atoms with Gasteiger partial charge < -0.3 is 10.2 Å². The molecule has 1 aromatic heterocycles. The Morgan fingerprint density at radius 1 is 1.21 bits per heavy atom. The van der Waals surface area contributed by atoms with E-state index in [1.165, 1.54) is 0 Å². The maximum absolute atomic E-state index is 12.6. The Kier molecular flexibility index (Phi) is 6.29. The van der Waals surface area contributed by atoms with Crippen molar-refractivity contribution in [1.82, 2.24) is 14.9 Å². The largest absolute Gasteiger partial charge is 0.332 e. The van der Waals surface area contributed by atoms with Gasteiger partial charge in [-0.3, -0.25) is 9.59 Å². The van der Waals surface area contributed by atoms with Gasteiger partial charge >= 0.3 is 0 Å². The van der Waals surface area contributed by atoms with Gasteiger partial charge in [0.15, 0.2) is 5.82 Å². The summed E-state index contributed by atoms with van der Waals surface area (Å²) in [4.78, 5) is 36.1. The zero-order valence-corrected chi connectivity index (χ0v) is 17.2. The van der Waals surface area contributed by atoms with Gasteiger partial charge in [-0.1, -0.05) is 25.4 Å². The van der Waals surface area contributed by atoms with Crippen molar-refractivity contribution in [3.8, 4) is 0 Å². The maximum Gasteiger partial charge on any atom is 0.259 e. The smallest absolute Gasteiger partial charge is 0.259 e. The van der Waals surface area contributed by atoms with Crippen LogP contribution in [0.5, 0.6) is 0 Å².